The summed E-state index contributed by atoms with van der Waals surface area (Å²) < 4.78 is 56.6. The minimum absolute atomic E-state index is 0. The van der Waals surface area contributed by atoms with Crippen molar-refractivity contribution in [2.45, 2.75) is 136 Å². The number of nitrogens with zero attached hydrogens (tertiary/aromatic N) is 2. The van der Waals surface area contributed by atoms with Gasteiger partial charge in [0.2, 0.25) is 10.0 Å². The second-order valence-electron chi connectivity index (χ2n) is 19.2. The first-order valence-electron chi connectivity index (χ1n) is 23.5. The third-order valence-electron chi connectivity index (χ3n) is 13.3. The van der Waals surface area contributed by atoms with E-state index in [4.69, 9.17) is 35.0 Å². The highest BCUT2D eigenvalue weighted by molar-refractivity contribution is 7.90. The third-order valence-corrected chi connectivity index (χ3v) is 15.5. The number of amides is 1. The molecule has 6 aliphatic rings. The highest BCUT2D eigenvalue weighted by atomic mass is 35.5. The fourth-order valence-electron chi connectivity index (χ4n) is 9.43. The van der Waals surface area contributed by atoms with Gasteiger partial charge in [-0.2, -0.15) is 0 Å². The lowest BCUT2D eigenvalue weighted by atomic mass is 9.68. The van der Waals surface area contributed by atoms with Gasteiger partial charge in [-0.15, -0.1) is 0 Å². The Morgan fingerprint density at radius 2 is 1.68 bits per heavy atom. The molecule has 3 fully saturated rings. The molecule has 2 N–H and O–H groups in total. The molecule has 2 aromatic rings. The van der Waals surface area contributed by atoms with Crippen LogP contribution in [0.15, 0.2) is 48.6 Å². The molecule has 4 aliphatic heterocycles. The van der Waals surface area contributed by atoms with Gasteiger partial charge in [-0.3, -0.25) is 14.5 Å². The Morgan fingerprint density at radius 1 is 0.954 bits per heavy atom. The lowest BCUT2D eigenvalue weighted by molar-refractivity contribution is -0.122. The molecule has 6 atom stereocenters. The molecule has 0 aromatic heterocycles. The number of nitrogens with one attached hydrogen (secondary N) is 2. The van der Waals surface area contributed by atoms with Crippen LogP contribution in [-0.4, -0.2) is 121 Å². The van der Waals surface area contributed by atoms with E-state index in [9.17, 15) is 18.0 Å². The number of aryl methyl sites for hydroxylation is 1. The molecule has 2 aromatic carbocycles. The first-order valence-corrected chi connectivity index (χ1v) is 25.4. The van der Waals surface area contributed by atoms with E-state index in [-0.39, 0.29) is 60.3 Å². The van der Waals surface area contributed by atoms with Crippen LogP contribution in [0.4, 0.5) is 5.69 Å². The van der Waals surface area contributed by atoms with E-state index >= 15 is 0 Å². The second kappa shape index (κ2) is 23.8. The standard InChI is InChI=1S/C32H37ClN2O5S.C9H21BO3.C7H14N2O.CH4/c1-20-5-3-7-29(36)26-11-8-24(26)17-35-18-32(14-4-6-22-15-25(33)10-12-27(22)32)19-40-30-13-9-23(16-28(30)35)31(37)34-41(38,39)21(20)2;1-7(2)11-10(12-8(3)4)13-9(5)6;1-2-9-3-4-10-6-7(9)5-8-1;/h3,7,9-10,12-13,15-16,20-21,24,26H,4-6,8,11,14,17-19H2,1-2H3,(H,34,37);7-9H,1-6H3;7-8H,1-6H2;1H4/b7-3+;;;/t20-,21+,24-,26+,32-;;7-;/m0.0./s1. The fourth-order valence-corrected chi connectivity index (χ4v) is 10.9. The fraction of sp³-hybridized carbons (Fsp3) is 0.673. The van der Waals surface area contributed by atoms with Crippen molar-refractivity contribution in [1.29, 1.82) is 0 Å². The van der Waals surface area contributed by atoms with E-state index in [0.717, 1.165) is 75.7 Å². The molecule has 0 radical (unpaired) electrons. The zero-order chi connectivity index (χ0) is 46.2. The molecular formula is C49H76BClN4O9S. The Bertz CT molecular complexity index is 1990. The number of piperazine rings is 1. The van der Waals surface area contributed by atoms with Crippen LogP contribution < -0.4 is 19.7 Å². The van der Waals surface area contributed by atoms with E-state index in [1.54, 1.807) is 37.3 Å². The van der Waals surface area contributed by atoms with Crippen molar-refractivity contribution in [1.82, 2.24) is 14.9 Å². The summed E-state index contributed by atoms with van der Waals surface area (Å²) in [5, 5.41) is 3.28. The SMILES string of the molecule is C.C1CN2CCOC[C@@H]2CN1.CC(C)OB(OC(C)C)OC(C)C.C[C@@H]1[C@@H](C)C/C=C/C(=O)[C@@H]2CC[C@H]2CN2C[C@@]3(CCCc4cc(Cl)ccc43)COc3ccc(cc32)C(=O)NS1(=O)=O. The Kier molecular flexibility index (Phi) is 19.4. The molecule has 1 saturated carbocycles. The van der Waals surface area contributed by atoms with Crippen molar-refractivity contribution in [3.63, 3.8) is 0 Å². The number of hydrogen-bond donors (Lipinski definition) is 2. The summed E-state index contributed by atoms with van der Waals surface area (Å²) in [7, 11) is -4.47. The summed E-state index contributed by atoms with van der Waals surface area (Å²) >= 11 is 6.37. The van der Waals surface area contributed by atoms with Gasteiger partial charge in [0.1, 0.15) is 5.75 Å². The number of carbonyl (C=O) groups is 2. The third kappa shape index (κ3) is 14.0. The van der Waals surface area contributed by atoms with Gasteiger partial charge >= 0.3 is 7.32 Å². The van der Waals surface area contributed by atoms with Crippen molar-refractivity contribution in [3.05, 3.63) is 70.3 Å². The van der Waals surface area contributed by atoms with Crippen LogP contribution in [0.25, 0.3) is 0 Å². The maximum absolute atomic E-state index is 13.3. The zero-order valence-electron chi connectivity index (χ0n) is 39.3. The molecule has 1 spiro atoms. The normalized spacial score (nSPS) is 28.0. The maximum atomic E-state index is 13.3. The van der Waals surface area contributed by atoms with Crippen LogP contribution in [0.2, 0.25) is 5.02 Å². The molecule has 16 heteroatoms. The van der Waals surface area contributed by atoms with E-state index in [0.29, 0.717) is 37.9 Å². The van der Waals surface area contributed by atoms with Crippen LogP contribution in [0.5, 0.6) is 5.75 Å². The Hall–Kier alpha value is -3.02. The second-order valence-corrected chi connectivity index (χ2v) is 21.7. The van der Waals surface area contributed by atoms with Crippen LogP contribution in [0.1, 0.15) is 116 Å². The molecule has 65 heavy (non-hydrogen) atoms. The molecule has 362 valence electrons. The van der Waals surface area contributed by atoms with Gasteiger partial charge in [0.25, 0.3) is 5.91 Å². The van der Waals surface area contributed by atoms with Crippen LogP contribution >= 0.6 is 11.6 Å². The van der Waals surface area contributed by atoms with Gasteiger partial charge in [-0.25, -0.2) is 13.1 Å². The highest BCUT2D eigenvalue weighted by Gasteiger charge is 2.44. The maximum Gasteiger partial charge on any atom is 0.639 e. The number of ether oxygens (including phenoxy) is 2. The molecule has 4 heterocycles. The van der Waals surface area contributed by atoms with E-state index in [1.165, 1.54) is 17.7 Å². The number of anilines is 1. The number of fused-ring (bicyclic) bond motifs is 5. The molecule has 8 rings (SSSR count). The molecule has 1 amide bonds. The Morgan fingerprint density at radius 3 is 2.34 bits per heavy atom. The van der Waals surface area contributed by atoms with E-state index in [2.05, 4.69) is 32.0 Å². The average molecular weight is 943 g/mol. The van der Waals surface area contributed by atoms with E-state index < -0.39 is 28.5 Å². The smallest absolute Gasteiger partial charge is 0.490 e. The van der Waals surface area contributed by atoms with Gasteiger partial charge in [-0.1, -0.05) is 38.1 Å². The van der Waals surface area contributed by atoms with Gasteiger partial charge in [0, 0.05) is 85.5 Å². The largest absolute Gasteiger partial charge is 0.639 e. The Balaban J connectivity index is 0.000000270. The predicted octanol–water partition coefficient (Wildman–Crippen LogP) is 7.63. The summed E-state index contributed by atoms with van der Waals surface area (Å²) in [4.78, 5) is 31.3. The predicted molar refractivity (Wildman–Crippen MR) is 260 cm³/mol. The van der Waals surface area contributed by atoms with Gasteiger partial charge in [0.05, 0.1) is 30.8 Å². The molecule has 2 saturated heterocycles. The minimum Gasteiger partial charge on any atom is -0.490 e. The minimum atomic E-state index is -3.93. The van der Waals surface area contributed by atoms with Crippen molar-refractivity contribution < 1.29 is 41.4 Å². The van der Waals surface area contributed by atoms with Crippen molar-refractivity contribution in [3.8, 4) is 5.75 Å². The topological polar surface area (TPSA) is 145 Å². The van der Waals surface area contributed by atoms with Gasteiger partial charge < -0.3 is 33.7 Å². The van der Waals surface area contributed by atoms with Gasteiger partial charge in [-0.05, 0) is 146 Å². The lowest BCUT2D eigenvalue weighted by Gasteiger charge is -2.44. The lowest BCUT2D eigenvalue weighted by Crippen LogP contribution is -2.56. The number of ketones is 1. The zero-order valence-corrected chi connectivity index (χ0v) is 40.8. The van der Waals surface area contributed by atoms with Crippen LogP contribution in [0, 0.1) is 17.8 Å². The summed E-state index contributed by atoms with van der Waals surface area (Å²) in [6.45, 7) is 23.4. The number of rotatable bonds is 6. The molecule has 2 aliphatic carbocycles. The number of hydrogen-bond acceptors (Lipinski definition) is 12. The highest BCUT2D eigenvalue weighted by Crippen LogP contribution is 2.46. The van der Waals surface area contributed by atoms with Crippen molar-refractivity contribution in [2.75, 3.05) is 64.0 Å². The molecular weight excluding hydrogens is 867 g/mol. The van der Waals surface area contributed by atoms with E-state index in [1.807, 2.05) is 54.5 Å². The summed E-state index contributed by atoms with van der Waals surface area (Å²) in [6.07, 6.45) is 8.94. The quantitative estimate of drug-likeness (QED) is 0.275. The molecule has 0 unspecified atom stereocenters. The van der Waals surface area contributed by atoms with Crippen molar-refractivity contribution in [2.24, 2.45) is 17.8 Å². The van der Waals surface area contributed by atoms with Gasteiger partial charge in [0.15, 0.2) is 5.78 Å². The number of carbonyl (C=O) groups excluding carboxylic acids is 2. The number of sulfonamides is 1. The monoisotopic (exact) mass is 943 g/mol. The number of benzene rings is 2. The summed E-state index contributed by atoms with van der Waals surface area (Å²) in [5.74, 6) is -0.0319. The summed E-state index contributed by atoms with van der Waals surface area (Å²) in [6, 6.07) is 11.9. The molecule has 2 bridgehead atoms. The summed E-state index contributed by atoms with van der Waals surface area (Å²) in [5.41, 5.74) is 3.22. The first kappa shape index (κ1) is 52.9. The molecule has 13 nitrogen and oxygen atoms in total. The van der Waals surface area contributed by atoms with Crippen molar-refractivity contribution >= 4 is 46.3 Å². The van der Waals surface area contributed by atoms with Crippen LogP contribution in [0.3, 0.4) is 0 Å². The average Bonchev–Trinajstić information content (AvgIpc) is 3.37. The van der Waals surface area contributed by atoms with Crippen LogP contribution in [-0.2, 0) is 45.4 Å². The Labute approximate surface area is 395 Å². The number of halogens is 1. The first-order chi connectivity index (χ1) is 30.4. The number of morpholine rings is 1. The number of allylic oxidation sites excluding steroid dienone is 2.